The summed E-state index contributed by atoms with van der Waals surface area (Å²) in [6, 6.07) is 0. The van der Waals surface area contributed by atoms with Crippen LogP contribution in [0, 0.1) is 0 Å². The van der Waals surface area contributed by atoms with Crippen LogP contribution in [0.4, 0.5) is 0 Å². The maximum Gasteiger partial charge on any atom is 0.263 e. The van der Waals surface area contributed by atoms with Crippen molar-refractivity contribution in [2.24, 2.45) is 0 Å². The third-order valence-electron chi connectivity index (χ3n) is 2.55. The number of aromatic nitrogens is 1. The molecule has 5 heteroatoms. The molecule has 0 aromatic carbocycles. The highest BCUT2D eigenvalue weighted by Gasteiger charge is 2.23. The monoisotopic (exact) mass is 228 g/mol. The minimum Gasteiger partial charge on any atom is -0.388 e. The average molecular weight is 228 g/mol. The summed E-state index contributed by atoms with van der Waals surface area (Å²) in [4.78, 5) is 15.9. The minimum atomic E-state index is -0.791. The molecule has 0 aliphatic carbocycles. The van der Waals surface area contributed by atoms with Crippen LogP contribution in [0.25, 0.3) is 0 Å². The molecule has 0 unspecified atom stereocenters. The Bertz CT molecular complexity index is 307. The van der Waals surface area contributed by atoms with Gasteiger partial charge < -0.3 is 10.4 Å². The van der Waals surface area contributed by atoms with Crippen molar-refractivity contribution in [2.45, 2.75) is 32.3 Å². The van der Waals surface area contributed by atoms with Gasteiger partial charge in [0.2, 0.25) is 0 Å². The van der Waals surface area contributed by atoms with Crippen molar-refractivity contribution in [3.63, 3.8) is 0 Å². The van der Waals surface area contributed by atoms with E-state index in [1.54, 1.807) is 5.51 Å². The molecule has 1 rings (SSSR count). The van der Waals surface area contributed by atoms with E-state index in [1.807, 2.05) is 13.8 Å². The predicted molar refractivity (Wildman–Crippen MR) is 60.0 cm³/mol. The van der Waals surface area contributed by atoms with Crippen molar-refractivity contribution in [3.8, 4) is 0 Å². The first-order valence-corrected chi connectivity index (χ1v) is 5.88. The van der Waals surface area contributed by atoms with Crippen LogP contribution in [0.3, 0.4) is 0 Å². The number of nitrogens with one attached hydrogen (secondary N) is 1. The van der Waals surface area contributed by atoms with Gasteiger partial charge in [0.1, 0.15) is 4.88 Å². The molecule has 84 valence electrons. The third kappa shape index (κ3) is 3.28. The van der Waals surface area contributed by atoms with Crippen molar-refractivity contribution >= 4 is 17.2 Å². The average Bonchev–Trinajstić information content (AvgIpc) is 2.79. The van der Waals surface area contributed by atoms with Crippen LogP contribution in [0.1, 0.15) is 36.4 Å². The van der Waals surface area contributed by atoms with Crippen LogP contribution < -0.4 is 5.32 Å². The molecule has 0 atom stereocenters. The van der Waals surface area contributed by atoms with E-state index in [2.05, 4.69) is 10.3 Å². The Kier molecular flexibility index (Phi) is 4.23. The largest absolute Gasteiger partial charge is 0.388 e. The normalized spacial score (nSPS) is 11.4. The summed E-state index contributed by atoms with van der Waals surface area (Å²) in [5, 5.41) is 12.7. The first kappa shape index (κ1) is 12.1. The molecular weight excluding hydrogens is 212 g/mol. The summed E-state index contributed by atoms with van der Waals surface area (Å²) < 4.78 is 0. The fourth-order valence-electron chi connectivity index (χ4n) is 1.16. The first-order valence-electron chi connectivity index (χ1n) is 5.00. The highest BCUT2D eigenvalue weighted by atomic mass is 32.1. The number of carbonyl (C=O) groups excluding carboxylic acids is 1. The van der Waals surface area contributed by atoms with Gasteiger partial charge in [-0.3, -0.25) is 9.78 Å². The molecule has 0 aliphatic heterocycles. The summed E-state index contributed by atoms with van der Waals surface area (Å²) >= 11 is 1.29. The Morgan fingerprint density at radius 3 is 2.73 bits per heavy atom. The standard InChI is InChI=1S/C10H16N2O2S/c1-3-10(14,4-2)6-12-9(13)8-5-11-7-15-8/h5,7,14H,3-4,6H2,1-2H3,(H,12,13). The zero-order chi connectivity index (χ0) is 11.3. The van der Waals surface area contributed by atoms with Crippen molar-refractivity contribution in [1.29, 1.82) is 0 Å². The fraction of sp³-hybridized carbons (Fsp3) is 0.600. The lowest BCUT2D eigenvalue weighted by molar-refractivity contribution is 0.0314. The van der Waals surface area contributed by atoms with E-state index in [-0.39, 0.29) is 12.5 Å². The SMILES string of the molecule is CCC(O)(CC)CNC(=O)c1cncs1. The molecular formula is C10H16N2O2S. The van der Waals surface area contributed by atoms with E-state index in [0.29, 0.717) is 17.7 Å². The zero-order valence-electron chi connectivity index (χ0n) is 8.99. The van der Waals surface area contributed by atoms with Crippen LogP contribution in [0.2, 0.25) is 0 Å². The molecule has 1 aromatic rings. The summed E-state index contributed by atoms with van der Waals surface area (Å²) in [5.74, 6) is -0.169. The van der Waals surface area contributed by atoms with E-state index >= 15 is 0 Å². The van der Waals surface area contributed by atoms with Crippen molar-refractivity contribution in [1.82, 2.24) is 10.3 Å². The Hall–Kier alpha value is -0.940. The lowest BCUT2D eigenvalue weighted by atomic mass is 9.98. The Balaban J connectivity index is 2.47. The topological polar surface area (TPSA) is 62.2 Å². The summed E-state index contributed by atoms with van der Waals surface area (Å²) in [6.07, 6.45) is 2.79. The van der Waals surface area contributed by atoms with Gasteiger partial charge in [-0.25, -0.2) is 0 Å². The van der Waals surface area contributed by atoms with E-state index in [0.717, 1.165) is 0 Å². The van der Waals surface area contributed by atoms with E-state index in [9.17, 15) is 9.90 Å². The van der Waals surface area contributed by atoms with Gasteiger partial charge in [0.15, 0.2) is 0 Å². The molecule has 0 fully saturated rings. The van der Waals surface area contributed by atoms with Gasteiger partial charge in [0, 0.05) is 6.54 Å². The Labute approximate surface area is 93.4 Å². The first-order chi connectivity index (χ1) is 7.11. The maximum atomic E-state index is 11.5. The van der Waals surface area contributed by atoms with Crippen LogP contribution in [-0.4, -0.2) is 28.1 Å². The van der Waals surface area contributed by atoms with Crippen LogP contribution >= 0.6 is 11.3 Å². The third-order valence-corrected chi connectivity index (χ3v) is 3.32. The van der Waals surface area contributed by atoms with Crippen molar-refractivity contribution < 1.29 is 9.90 Å². The van der Waals surface area contributed by atoms with Crippen LogP contribution in [-0.2, 0) is 0 Å². The van der Waals surface area contributed by atoms with Gasteiger partial charge in [-0.05, 0) is 12.8 Å². The molecule has 0 radical (unpaired) electrons. The number of hydrogen-bond donors (Lipinski definition) is 2. The van der Waals surface area contributed by atoms with Gasteiger partial charge >= 0.3 is 0 Å². The molecule has 1 aromatic heterocycles. The molecule has 0 spiro atoms. The molecule has 15 heavy (non-hydrogen) atoms. The molecule has 0 aliphatic rings. The summed E-state index contributed by atoms with van der Waals surface area (Å²) in [7, 11) is 0. The summed E-state index contributed by atoms with van der Waals surface area (Å²) in [6.45, 7) is 4.10. The lowest BCUT2D eigenvalue weighted by Crippen LogP contribution is -2.41. The number of amides is 1. The molecule has 1 amide bonds. The van der Waals surface area contributed by atoms with Crippen molar-refractivity contribution in [2.75, 3.05) is 6.54 Å². The summed E-state index contributed by atoms with van der Waals surface area (Å²) in [5.41, 5.74) is 0.821. The van der Waals surface area contributed by atoms with Gasteiger partial charge in [-0.15, -0.1) is 11.3 Å². The zero-order valence-corrected chi connectivity index (χ0v) is 9.80. The number of carbonyl (C=O) groups is 1. The van der Waals surface area contributed by atoms with E-state index in [4.69, 9.17) is 0 Å². The van der Waals surface area contributed by atoms with Crippen LogP contribution in [0.15, 0.2) is 11.7 Å². The molecule has 0 saturated carbocycles. The quantitative estimate of drug-likeness (QED) is 0.801. The number of aliphatic hydroxyl groups is 1. The maximum absolute atomic E-state index is 11.5. The number of hydrogen-bond acceptors (Lipinski definition) is 4. The Morgan fingerprint density at radius 1 is 1.60 bits per heavy atom. The second-order valence-electron chi connectivity index (χ2n) is 3.48. The molecule has 0 bridgehead atoms. The second-order valence-corrected chi connectivity index (χ2v) is 4.37. The van der Waals surface area contributed by atoms with E-state index in [1.165, 1.54) is 17.5 Å². The van der Waals surface area contributed by atoms with Crippen molar-refractivity contribution in [3.05, 3.63) is 16.6 Å². The Morgan fingerprint density at radius 2 is 2.27 bits per heavy atom. The van der Waals surface area contributed by atoms with E-state index < -0.39 is 5.60 Å². The molecule has 0 saturated heterocycles. The fourth-order valence-corrected chi connectivity index (χ4v) is 1.70. The van der Waals surface area contributed by atoms with Gasteiger partial charge in [0.25, 0.3) is 5.91 Å². The number of nitrogens with zero attached hydrogens (tertiary/aromatic N) is 1. The highest BCUT2D eigenvalue weighted by molar-refractivity contribution is 7.11. The smallest absolute Gasteiger partial charge is 0.263 e. The number of rotatable bonds is 5. The van der Waals surface area contributed by atoms with Gasteiger partial charge in [-0.2, -0.15) is 0 Å². The van der Waals surface area contributed by atoms with Crippen LogP contribution in [0.5, 0.6) is 0 Å². The molecule has 1 heterocycles. The predicted octanol–water partition coefficient (Wildman–Crippen LogP) is 1.42. The lowest BCUT2D eigenvalue weighted by Gasteiger charge is -2.25. The van der Waals surface area contributed by atoms with Gasteiger partial charge in [-0.1, -0.05) is 13.8 Å². The van der Waals surface area contributed by atoms with Gasteiger partial charge in [0.05, 0.1) is 17.3 Å². The molecule has 2 N–H and O–H groups in total. The highest BCUT2D eigenvalue weighted by Crippen LogP contribution is 2.13. The number of thiazole rings is 1. The minimum absolute atomic E-state index is 0.169. The molecule has 4 nitrogen and oxygen atoms in total. The second kappa shape index (κ2) is 5.23.